The third-order valence-corrected chi connectivity index (χ3v) is 8.33. The Morgan fingerprint density at radius 2 is 1.78 bits per heavy atom. The van der Waals surface area contributed by atoms with E-state index >= 15 is 0 Å². The quantitative estimate of drug-likeness (QED) is 0.515. The average molecular weight is 482 g/mol. The highest BCUT2D eigenvalue weighted by Crippen LogP contribution is 2.54. The molecule has 0 amide bonds. The molecule has 1 fully saturated rings. The molecule has 7 nitrogen and oxygen atoms in total. The standard InChI is InChI=1S/C29H35N7/c1-28(2)10-12-29(13-11-28)24-19-30-14-7-22(24)23-18-32-27(34-26(23)29)33-25-6-5-21(17-31-25)36-15-8-20(9-16-36)35(3)4/h5-7,10,12,14,17-20H,8-9,11,13,15-16H2,1-4H3,(H,31,32,33,34). The van der Waals surface area contributed by atoms with Crippen LogP contribution in [0, 0.1) is 5.41 Å². The summed E-state index contributed by atoms with van der Waals surface area (Å²) in [5, 5.41) is 3.35. The van der Waals surface area contributed by atoms with Gasteiger partial charge in [0.05, 0.1) is 23.0 Å². The molecule has 2 aliphatic carbocycles. The maximum Gasteiger partial charge on any atom is 0.228 e. The van der Waals surface area contributed by atoms with Gasteiger partial charge in [0, 0.05) is 43.3 Å². The van der Waals surface area contributed by atoms with Gasteiger partial charge in [0.1, 0.15) is 5.82 Å². The summed E-state index contributed by atoms with van der Waals surface area (Å²) in [7, 11) is 4.35. The number of nitrogens with zero attached hydrogens (tertiary/aromatic N) is 6. The van der Waals surface area contributed by atoms with Crippen molar-refractivity contribution in [2.75, 3.05) is 37.4 Å². The van der Waals surface area contributed by atoms with Crippen LogP contribution >= 0.6 is 0 Å². The van der Waals surface area contributed by atoms with E-state index in [1.165, 1.54) is 29.7 Å². The zero-order valence-electron chi connectivity index (χ0n) is 21.7. The van der Waals surface area contributed by atoms with Crippen molar-refractivity contribution in [3.8, 4) is 11.1 Å². The fraction of sp³-hybridized carbons (Fsp3) is 0.448. The van der Waals surface area contributed by atoms with Crippen LogP contribution in [0.25, 0.3) is 11.1 Å². The summed E-state index contributed by atoms with van der Waals surface area (Å²) < 4.78 is 0. The Morgan fingerprint density at radius 3 is 2.47 bits per heavy atom. The van der Waals surface area contributed by atoms with Crippen LogP contribution in [0.5, 0.6) is 0 Å². The van der Waals surface area contributed by atoms with Crippen LogP contribution in [0.2, 0.25) is 0 Å². The van der Waals surface area contributed by atoms with Gasteiger partial charge < -0.3 is 15.1 Å². The van der Waals surface area contributed by atoms with Gasteiger partial charge in [-0.2, -0.15) is 0 Å². The fourth-order valence-electron chi connectivity index (χ4n) is 5.97. The van der Waals surface area contributed by atoms with Crippen LogP contribution in [0.1, 0.15) is 50.8 Å². The monoisotopic (exact) mass is 481 g/mol. The number of anilines is 3. The second-order valence-electron chi connectivity index (χ2n) is 11.4. The Labute approximate surface area is 213 Å². The first-order chi connectivity index (χ1) is 17.3. The Kier molecular flexibility index (Phi) is 5.56. The highest BCUT2D eigenvalue weighted by atomic mass is 15.2. The summed E-state index contributed by atoms with van der Waals surface area (Å²) in [5.41, 5.74) is 5.71. The molecule has 0 radical (unpaired) electrons. The van der Waals surface area contributed by atoms with E-state index in [-0.39, 0.29) is 10.8 Å². The van der Waals surface area contributed by atoms with Gasteiger partial charge in [-0.1, -0.05) is 26.0 Å². The number of aromatic nitrogens is 4. The Hall–Kier alpha value is -3.32. The number of piperidine rings is 1. The first-order valence-corrected chi connectivity index (χ1v) is 13.0. The van der Waals surface area contributed by atoms with Crippen molar-refractivity contribution in [2.45, 2.75) is 51.0 Å². The number of pyridine rings is 2. The lowest BCUT2D eigenvalue weighted by Gasteiger charge is -2.36. The molecule has 3 aromatic rings. The molecule has 3 aliphatic rings. The van der Waals surface area contributed by atoms with Crippen LogP contribution in [0.3, 0.4) is 0 Å². The molecule has 0 aromatic carbocycles. The summed E-state index contributed by atoms with van der Waals surface area (Å²) in [6.45, 7) is 6.71. The smallest absolute Gasteiger partial charge is 0.228 e. The predicted molar refractivity (Wildman–Crippen MR) is 145 cm³/mol. The van der Waals surface area contributed by atoms with Gasteiger partial charge in [0.15, 0.2) is 0 Å². The molecule has 6 rings (SSSR count). The van der Waals surface area contributed by atoms with Gasteiger partial charge in [0.25, 0.3) is 0 Å². The molecule has 3 aromatic heterocycles. The molecule has 7 heteroatoms. The molecule has 1 saturated heterocycles. The van der Waals surface area contributed by atoms with Crippen LogP contribution in [-0.2, 0) is 5.41 Å². The summed E-state index contributed by atoms with van der Waals surface area (Å²) >= 11 is 0. The summed E-state index contributed by atoms with van der Waals surface area (Å²) in [4.78, 5) is 23.6. The summed E-state index contributed by atoms with van der Waals surface area (Å²) in [6, 6.07) is 6.94. The highest BCUT2D eigenvalue weighted by Gasteiger charge is 2.46. The minimum atomic E-state index is -0.246. The lowest BCUT2D eigenvalue weighted by Crippen LogP contribution is -2.42. The number of fused-ring (bicyclic) bond motifs is 5. The molecule has 1 aliphatic heterocycles. The van der Waals surface area contributed by atoms with Gasteiger partial charge >= 0.3 is 0 Å². The van der Waals surface area contributed by atoms with Crippen molar-refractivity contribution >= 4 is 17.5 Å². The first kappa shape index (κ1) is 23.1. The maximum atomic E-state index is 5.07. The van der Waals surface area contributed by atoms with Crippen molar-refractivity contribution in [3.63, 3.8) is 0 Å². The molecule has 1 spiro atoms. The topological polar surface area (TPSA) is 70.1 Å². The van der Waals surface area contributed by atoms with E-state index in [2.05, 4.69) is 77.3 Å². The van der Waals surface area contributed by atoms with E-state index in [0.29, 0.717) is 12.0 Å². The van der Waals surface area contributed by atoms with Crippen LogP contribution in [0.4, 0.5) is 17.5 Å². The summed E-state index contributed by atoms with van der Waals surface area (Å²) in [5.74, 6) is 1.34. The second kappa shape index (κ2) is 8.66. The van der Waals surface area contributed by atoms with Crippen molar-refractivity contribution < 1.29 is 0 Å². The van der Waals surface area contributed by atoms with E-state index in [0.717, 1.165) is 43.0 Å². The van der Waals surface area contributed by atoms with Crippen LogP contribution in [0.15, 0.2) is 55.1 Å². The largest absolute Gasteiger partial charge is 0.370 e. The minimum absolute atomic E-state index is 0.192. The van der Waals surface area contributed by atoms with Gasteiger partial charge in [-0.15, -0.1) is 0 Å². The molecule has 186 valence electrons. The lowest BCUT2D eigenvalue weighted by atomic mass is 9.67. The zero-order valence-corrected chi connectivity index (χ0v) is 21.7. The lowest BCUT2D eigenvalue weighted by molar-refractivity contribution is 0.249. The summed E-state index contributed by atoms with van der Waals surface area (Å²) in [6.07, 6.45) is 17.0. The van der Waals surface area contributed by atoms with Crippen molar-refractivity contribution in [1.82, 2.24) is 24.8 Å². The molecular weight excluding hydrogens is 446 g/mol. The fourth-order valence-corrected chi connectivity index (χ4v) is 5.97. The molecule has 0 saturated carbocycles. The van der Waals surface area contributed by atoms with Crippen LogP contribution < -0.4 is 10.2 Å². The number of hydrogen-bond donors (Lipinski definition) is 1. The number of rotatable bonds is 4. The van der Waals surface area contributed by atoms with Crippen molar-refractivity contribution in [2.24, 2.45) is 5.41 Å². The maximum absolute atomic E-state index is 5.07. The Morgan fingerprint density at radius 1 is 0.944 bits per heavy atom. The zero-order chi connectivity index (χ0) is 24.9. The molecule has 1 unspecified atom stereocenters. The first-order valence-electron chi connectivity index (χ1n) is 13.0. The number of nitrogens with one attached hydrogen (secondary N) is 1. The average Bonchev–Trinajstić information content (AvgIpc) is 3.16. The van der Waals surface area contributed by atoms with Gasteiger partial charge in [0.2, 0.25) is 5.95 Å². The number of hydrogen-bond acceptors (Lipinski definition) is 7. The van der Waals surface area contributed by atoms with Gasteiger partial charge in [-0.05, 0) is 74.5 Å². The van der Waals surface area contributed by atoms with E-state index in [1.54, 1.807) is 0 Å². The molecule has 0 bridgehead atoms. The third-order valence-electron chi connectivity index (χ3n) is 8.33. The third kappa shape index (κ3) is 3.95. The van der Waals surface area contributed by atoms with Gasteiger partial charge in [-0.3, -0.25) is 4.98 Å². The van der Waals surface area contributed by atoms with Crippen molar-refractivity contribution in [3.05, 3.63) is 66.4 Å². The minimum Gasteiger partial charge on any atom is -0.370 e. The molecular formula is C29H35N7. The van der Waals surface area contributed by atoms with Gasteiger partial charge in [-0.25, -0.2) is 15.0 Å². The molecule has 36 heavy (non-hydrogen) atoms. The Balaban J connectivity index is 1.25. The molecule has 1 N–H and O–H groups in total. The highest BCUT2D eigenvalue weighted by molar-refractivity contribution is 5.80. The van der Waals surface area contributed by atoms with E-state index in [1.807, 2.05) is 30.9 Å². The molecule has 1 atom stereocenters. The van der Waals surface area contributed by atoms with E-state index < -0.39 is 0 Å². The van der Waals surface area contributed by atoms with Crippen molar-refractivity contribution in [1.29, 1.82) is 0 Å². The van der Waals surface area contributed by atoms with E-state index in [4.69, 9.17) is 9.97 Å². The predicted octanol–water partition coefficient (Wildman–Crippen LogP) is 5.18. The van der Waals surface area contributed by atoms with Crippen LogP contribution in [-0.4, -0.2) is 58.1 Å². The SMILES string of the molecule is CN(C)C1CCN(c2ccc(Nc3ncc4c(n3)C3(C=CC(C)(C)CC3)c3cnccc3-4)nc2)CC1. The second-order valence-corrected chi connectivity index (χ2v) is 11.4. The normalized spacial score (nSPS) is 22.6. The molecule has 4 heterocycles. The number of allylic oxidation sites excluding steroid dienone is 2. The van der Waals surface area contributed by atoms with E-state index in [9.17, 15) is 0 Å². The Bertz CT molecular complexity index is 1290.